The molecule has 6 nitrogen and oxygen atoms in total. The second-order valence-electron chi connectivity index (χ2n) is 5.88. The number of amides is 4. The highest BCUT2D eigenvalue weighted by molar-refractivity contribution is 6.31. The minimum absolute atomic E-state index is 0.0106. The molecule has 126 valence electrons. The van der Waals surface area contributed by atoms with Crippen molar-refractivity contribution in [2.45, 2.75) is 25.8 Å². The monoisotopic (exact) mass is 347 g/mol. The number of nitrogens with zero attached hydrogens (tertiary/aromatic N) is 2. The molecule has 0 aromatic heterocycles. The van der Waals surface area contributed by atoms with Gasteiger partial charge in [0.15, 0.2) is 0 Å². The SMILES string of the molecule is O=C1NC(=O)N(Cc2ccccc2Cl)C(=O)/C1=C/N1CCCCC1. The summed E-state index contributed by atoms with van der Waals surface area (Å²) in [6.07, 6.45) is 4.78. The van der Waals surface area contributed by atoms with Crippen LogP contribution in [0.25, 0.3) is 0 Å². The van der Waals surface area contributed by atoms with Crippen LogP contribution in [-0.4, -0.2) is 40.7 Å². The van der Waals surface area contributed by atoms with Crippen molar-refractivity contribution in [2.24, 2.45) is 0 Å². The zero-order valence-corrected chi connectivity index (χ0v) is 13.9. The predicted molar refractivity (Wildman–Crippen MR) is 89.0 cm³/mol. The minimum atomic E-state index is -0.722. The van der Waals surface area contributed by atoms with E-state index in [1.165, 1.54) is 0 Å². The lowest BCUT2D eigenvalue weighted by atomic mass is 10.1. The van der Waals surface area contributed by atoms with E-state index < -0.39 is 17.8 Å². The number of barbiturate groups is 1. The van der Waals surface area contributed by atoms with E-state index in [2.05, 4.69) is 5.32 Å². The number of carbonyl (C=O) groups is 3. The van der Waals surface area contributed by atoms with Crippen molar-refractivity contribution in [2.75, 3.05) is 13.1 Å². The van der Waals surface area contributed by atoms with E-state index in [9.17, 15) is 14.4 Å². The highest BCUT2D eigenvalue weighted by atomic mass is 35.5. The van der Waals surface area contributed by atoms with E-state index in [0.717, 1.165) is 37.3 Å². The average Bonchev–Trinajstić information content (AvgIpc) is 2.58. The van der Waals surface area contributed by atoms with Crippen LogP contribution in [-0.2, 0) is 16.1 Å². The molecule has 0 spiro atoms. The summed E-state index contributed by atoms with van der Waals surface area (Å²) in [7, 11) is 0. The minimum Gasteiger partial charge on any atom is -0.377 e. The molecule has 2 aliphatic heterocycles. The fraction of sp³-hybridized carbons (Fsp3) is 0.353. The van der Waals surface area contributed by atoms with Crippen molar-refractivity contribution >= 4 is 29.4 Å². The van der Waals surface area contributed by atoms with E-state index in [4.69, 9.17) is 11.6 Å². The summed E-state index contributed by atoms with van der Waals surface area (Å²) in [6.45, 7) is 1.64. The Morgan fingerprint density at radius 1 is 1.08 bits per heavy atom. The highest BCUT2D eigenvalue weighted by Crippen LogP contribution is 2.21. The van der Waals surface area contributed by atoms with Crippen molar-refractivity contribution in [3.63, 3.8) is 0 Å². The number of imide groups is 2. The molecule has 24 heavy (non-hydrogen) atoms. The summed E-state index contributed by atoms with van der Waals surface area (Å²) in [5.74, 6) is -1.24. The van der Waals surface area contributed by atoms with Crippen LogP contribution < -0.4 is 5.32 Å². The van der Waals surface area contributed by atoms with Crippen molar-refractivity contribution in [3.05, 3.63) is 46.6 Å². The number of carbonyl (C=O) groups excluding carboxylic acids is 3. The molecule has 2 saturated heterocycles. The average molecular weight is 348 g/mol. The second-order valence-corrected chi connectivity index (χ2v) is 6.29. The largest absolute Gasteiger partial charge is 0.377 e. The fourth-order valence-electron chi connectivity index (χ4n) is 2.85. The third kappa shape index (κ3) is 3.43. The van der Waals surface area contributed by atoms with Gasteiger partial charge in [-0.25, -0.2) is 4.79 Å². The standard InChI is InChI=1S/C17H18ClN3O3/c18-14-7-3-2-6-12(14)10-21-16(23)13(15(22)19-17(21)24)11-20-8-4-1-5-9-20/h2-3,6-7,11H,1,4-5,8-10H2,(H,19,22,24)/b13-11+. The lowest BCUT2D eigenvalue weighted by molar-refractivity contribution is -0.130. The van der Waals surface area contributed by atoms with Gasteiger partial charge in [0.2, 0.25) is 0 Å². The summed E-state index contributed by atoms with van der Waals surface area (Å²) in [6, 6.07) is 6.27. The Bertz CT molecular complexity index is 711. The number of nitrogens with one attached hydrogen (secondary N) is 1. The molecule has 7 heteroatoms. The summed E-state index contributed by atoms with van der Waals surface area (Å²) in [5, 5.41) is 2.70. The van der Waals surface area contributed by atoms with Gasteiger partial charge in [0.05, 0.1) is 6.54 Å². The summed E-state index contributed by atoms with van der Waals surface area (Å²) in [5.41, 5.74) is 0.637. The quantitative estimate of drug-likeness (QED) is 0.672. The maximum Gasteiger partial charge on any atom is 0.331 e. The number of halogens is 1. The molecular weight excluding hydrogens is 330 g/mol. The molecule has 0 aliphatic carbocycles. The molecule has 0 bridgehead atoms. The van der Waals surface area contributed by atoms with Crippen LogP contribution in [0.4, 0.5) is 4.79 Å². The first kappa shape index (κ1) is 16.5. The Hall–Kier alpha value is -2.34. The third-order valence-electron chi connectivity index (χ3n) is 4.17. The Kier molecular flexibility index (Phi) is 4.85. The molecule has 2 fully saturated rings. The maximum atomic E-state index is 12.6. The number of benzene rings is 1. The lowest BCUT2D eigenvalue weighted by Gasteiger charge is -2.30. The van der Waals surface area contributed by atoms with E-state index in [1.54, 1.807) is 30.5 Å². The molecule has 2 aliphatic rings. The Labute approximate surface area is 145 Å². The highest BCUT2D eigenvalue weighted by Gasteiger charge is 2.36. The van der Waals surface area contributed by atoms with E-state index in [0.29, 0.717) is 10.6 Å². The Morgan fingerprint density at radius 3 is 2.50 bits per heavy atom. The van der Waals surface area contributed by atoms with Crippen LogP contribution in [0.15, 0.2) is 36.0 Å². The van der Waals surface area contributed by atoms with E-state index in [-0.39, 0.29) is 12.1 Å². The fourth-order valence-corrected chi connectivity index (χ4v) is 3.05. The Balaban J connectivity index is 1.83. The van der Waals surface area contributed by atoms with Crippen LogP contribution in [0, 0.1) is 0 Å². The van der Waals surface area contributed by atoms with Gasteiger partial charge in [-0.1, -0.05) is 29.8 Å². The van der Waals surface area contributed by atoms with Crippen molar-refractivity contribution in [1.82, 2.24) is 15.1 Å². The number of hydrogen-bond donors (Lipinski definition) is 1. The molecule has 0 saturated carbocycles. The number of hydrogen-bond acceptors (Lipinski definition) is 4. The zero-order valence-electron chi connectivity index (χ0n) is 13.1. The van der Waals surface area contributed by atoms with Crippen LogP contribution in [0.5, 0.6) is 0 Å². The van der Waals surface area contributed by atoms with Crippen molar-refractivity contribution in [3.8, 4) is 0 Å². The predicted octanol–water partition coefficient (Wildman–Crippen LogP) is 2.29. The van der Waals surface area contributed by atoms with Gasteiger partial charge in [0, 0.05) is 24.3 Å². The molecule has 1 N–H and O–H groups in total. The number of rotatable bonds is 3. The van der Waals surface area contributed by atoms with Crippen LogP contribution in [0.3, 0.4) is 0 Å². The van der Waals surface area contributed by atoms with Crippen molar-refractivity contribution < 1.29 is 14.4 Å². The van der Waals surface area contributed by atoms with Crippen LogP contribution in [0.1, 0.15) is 24.8 Å². The van der Waals surface area contributed by atoms with Gasteiger partial charge in [-0.2, -0.15) is 0 Å². The van der Waals surface area contributed by atoms with E-state index in [1.807, 2.05) is 4.90 Å². The van der Waals surface area contributed by atoms with Gasteiger partial charge in [-0.05, 0) is 30.9 Å². The zero-order chi connectivity index (χ0) is 17.1. The number of urea groups is 1. The summed E-state index contributed by atoms with van der Waals surface area (Å²) >= 11 is 6.10. The molecule has 4 amide bonds. The van der Waals surface area contributed by atoms with Crippen LogP contribution >= 0.6 is 11.6 Å². The molecule has 0 radical (unpaired) electrons. The smallest absolute Gasteiger partial charge is 0.331 e. The number of likely N-dealkylation sites (tertiary alicyclic amines) is 1. The van der Waals surface area contributed by atoms with Gasteiger partial charge in [0.1, 0.15) is 5.57 Å². The van der Waals surface area contributed by atoms with Crippen molar-refractivity contribution in [1.29, 1.82) is 0 Å². The maximum absolute atomic E-state index is 12.6. The van der Waals surface area contributed by atoms with Gasteiger partial charge in [0.25, 0.3) is 11.8 Å². The topological polar surface area (TPSA) is 69.7 Å². The normalized spacial score (nSPS) is 20.5. The molecular formula is C17H18ClN3O3. The summed E-state index contributed by atoms with van der Waals surface area (Å²) < 4.78 is 0. The number of piperidine rings is 1. The molecule has 2 heterocycles. The molecule has 1 aromatic rings. The third-order valence-corrected chi connectivity index (χ3v) is 4.54. The van der Waals surface area contributed by atoms with Crippen LogP contribution in [0.2, 0.25) is 5.02 Å². The Morgan fingerprint density at radius 2 is 1.79 bits per heavy atom. The molecule has 0 atom stereocenters. The van der Waals surface area contributed by atoms with Gasteiger partial charge in [-0.3, -0.25) is 19.8 Å². The van der Waals surface area contributed by atoms with E-state index >= 15 is 0 Å². The summed E-state index contributed by atoms with van der Waals surface area (Å²) in [4.78, 5) is 39.7. The van der Waals surface area contributed by atoms with Gasteiger partial charge >= 0.3 is 6.03 Å². The first-order chi connectivity index (χ1) is 11.6. The lowest BCUT2D eigenvalue weighted by Crippen LogP contribution is -2.54. The van der Waals surface area contributed by atoms with Gasteiger partial charge < -0.3 is 4.90 Å². The molecule has 0 unspecified atom stereocenters. The van der Waals surface area contributed by atoms with Gasteiger partial charge in [-0.15, -0.1) is 0 Å². The molecule has 1 aromatic carbocycles. The second kappa shape index (κ2) is 7.05. The first-order valence-electron chi connectivity index (χ1n) is 7.93. The molecule has 3 rings (SSSR count). The first-order valence-corrected chi connectivity index (χ1v) is 8.30.